The highest BCUT2D eigenvalue weighted by molar-refractivity contribution is 5.16. The van der Waals surface area contributed by atoms with Crippen LogP contribution in [0.5, 0.6) is 0 Å². The lowest BCUT2D eigenvalue weighted by Crippen LogP contribution is -2.67. The molecule has 8 rings (SSSR count). The van der Waals surface area contributed by atoms with Crippen molar-refractivity contribution in [3.63, 3.8) is 0 Å². The Hall–Kier alpha value is -3.96. The van der Waals surface area contributed by atoms with Gasteiger partial charge < -0.3 is 103 Å². The molecule has 73 heavy (non-hydrogen) atoms. The van der Waals surface area contributed by atoms with Gasteiger partial charge in [0.05, 0.1) is 52.9 Å². The normalized spacial score (nSPS) is 37.0. The van der Waals surface area contributed by atoms with Crippen molar-refractivity contribution in [3.8, 4) is 0 Å². The van der Waals surface area contributed by atoms with Gasteiger partial charge in [-0.1, -0.05) is 121 Å². The Morgan fingerprint density at radius 3 is 1.07 bits per heavy atom. The Balaban J connectivity index is 1.09. The second kappa shape index (κ2) is 26.7. The summed E-state index contributed by atoms with van der Waals surface area (Å²) in [6.07, 6.45) is -31.6. The first-order valence-corrected chi connectivity index (χ1v) is 24.2. The number of ether oxygens (including phenoxy) is 11. The van der Waals surface area contributed by atoms with Crippen LogP contribution in [0.1, 0.15) is 22.3 Å². The monoisotopic (exact) mass is 1030 g/mol. The van der Waals surface area contributed by atoms with E-state index >= 15 is 0 Å². The smallest absolute Gasteiger partial charge is 0.187 e. The maximum absolute atomic E-state index is 12.4. The second-order valence-electron chi connectivity index (χ2n) is 18.3. The standard InChI is InChI=1S/C52H66O21/c53-21-33-43(63-24-29-13-5-1-6-14-29)37(56)39(58)50(69-33)67-28-36-46(66-27-32-19-11-4-12-20-32)48(73-51-40(59)38(57)44(34(22-54)70-51)64-25-30-15-7-2-8-16-30)42(61)52(71-36)72-47-41(60)49(62)68-35(23-55)45(47)65-26-31-17-9-3-10-18-31/h1-20,33-62H,21-28H2/t33?,34?,35?,36?,37-,38-,39?,40?,41?,42?,43+,44-,45-,46+,47-,48-,49-,50-,51+,52+/m1/s1. The van der Waals surface area contributed by atoms with Crippen molar-refractivity contribution in [3.05, 3.63) is 144 Å². The van der Waals surface area contributed by atoms with Gasteiger partial charge >= 0.3 is 0 Å². The molecule has 8 unspecified atom stereocenters. The van der Waals surface area contributed by atoms with E-state index in [1.807, 2.05) is 12.1 Å². The fourth-order valence-electron chi connectivity index (χ4n) is 9.24. The van der Waals surface area contributed by atoms with Gasteiger partial charge in [0.25, 0.3) is 0 Å². The third kappa shape index (κ3) is 13.7. The SMILES string of the molecule is OCC1O[C@@H](O[C@@H]2C(O)[C@H](O[C@@H]3C(O)[C@H](O)OC(CO)[C@H]3OCc3ccccc3)OC(CO[C@@H]3OC(CO)[C@H](OCc4ccccc4)[C@H](O)C3O)[C@@H]2OCc2ccccc2)C(O)[C@@H](O)[C@@H]1OCc1ccccc1. The van der Waals surface area contributed by atoms with Crippen molar-refractivity contribution in [2.45, 2.75) is 149 Å². The van der Waals surface area contributed by atoms with Crippen LogP contribution in [0.2, 0.25) is 0 Å². The van der Waals surface area contributed by atoms with E-state index in [2.05, 4.69) is 0 Å². The third-order valence-corrected chi connectivity index (χ3v) is 13.2. The average Bonchev–Trinajstić information content (AvgIpc) is 3.42. The fraction of sp³-hybridized carbons (Fsp3) is 0.538. The van der Waals surface area contributed by atoms with Crippen LogP contribution in [0.4, 0.5) is 0 Å². The fourth-order valence-corrected chi connectivity index (χ4v) is 9.24. The van der Waals surface area contributed by atoms with E-state index in [9.17, 15) is 51.1 Å². The number of hydrogen-bond donors (Lipinski definition) is 10. The van der Waals surface area contributed by atoms with Gasteiger partial charge in [0.15, 0.2) is 25.2 Å². The molecule has 0 bridgehead atoms. The molecule has 400 valence electrons. The van der Waals surface area contributed by atoms with E-state index < -0.39 is 149 Å². The summed E-state index contributed by atoms with van der Waals surface area (Å²) in [5, 5.41) is 112. The summed E-state index contributed by atoms with van der Waals surface area (Å²) in [4.78, 5) is 0. The molecule has 0 saturated carbocycles. The third-order valence-electron chi connectivity index (χ3n) is 13.2. The lowest BCUT2D eigenvalue weighted by molar-refractivity contribution is -0.389. The molecular weight excluding hydrogens is 961 g/mol. The minimum atomic E-state index is -1.95. The highest BCUT2D eigenvalue weighted by Gasteiger charge is 2.56. The molecular formula is C52H66O21. The van der Waals surface area contributed by atoms with Crippen LogP contribution in [0.3, 0.4) is 0 Å². The van der Waals surface area contributed by atoms with Gasteiger partial charge in [-0.25, -0.2) is 0 Å². The molecule has 0 aromatic heterocycles. The van der Waals surface area contributed by atoms with E-state index in [0.717, 1.165) is 11.1 Å². The maximum atomic E-state index is 12.4. The number of rotatable bonds is 22. The van der Waals surface area contributed by atoms with Crippen LogP contribution in [0, 0.1) is 0 Å². The molecule has 4 fully saturated rings. The minimum Gasteiger partial charge on any atom is -0.394 e. The van der Waals surface area contributed by atoms with Crippen molar-refractivity contribution in [1.82, 2.24) is 0 Å². The minimum absolute atomic E-state index is 0.00769. The molecule has 0 spiro atoms. The van der Waals surface area contributed by atoms with Crippen LogP contribution >= 0.6 is 0 Å². The van der Waals surface area contributed by atoms with Crippen molar-refractivity contribution in [2.24, 2.45) is 0 Å². The van der Waals surface area contributed by atoms with Crippen molar-refractivity contribution >= 4 is 0 Å². The van der Waals surface area contributed by atoms with Gasteiger partial charge in [-0.3, -0.25) is 0 Å². The molecule has 4 aromatic rings. The Labute approximate surface area is 421 Å². The number of benzene rings is 4. The van der Waals surface area contributed by atoms with Crippen molar-refractivity contribution in [2.75, 3.05) is 26.4 Å². The zero-order valence-electron chi connectivity index (χ0n) is 39.7. The van der Waals surface area contributed by atoms with Crippen LogP contribution in [0.15, 0.2) is 121 Å². The highest BCUT2D eigenvalue weighted by Crippen LogP contribution is 2.36. The largest absolute Gasteiger partial charge is 0.394 e. The van der Waals surface area contributed by atoms with Gasteiger partial charge in [0, 0.05) is 0 Å². The zero-order valence-corrected chi connectivity index (χ0v) is 39.7. The Morgan fingerprint density at radius 1 is 0.315 bits per heavy atom. The Morgan fingerprint density at radius 2 is 0.644 bits per heavy atom. The summed E-state index contributed by atoms with van der Waals surface area (Å²) in [7, 11) is 0. The summed E-state index contributed by atoms with van der Waals surface area (Å²) < 4.78 is 67.5. The van der Waals surface area contributed by atoms with Gasteiger partial charge in [0.2, 0.25) is 0 Å². The summed E-state index contributed by atoms with van der Waals surface area (Å²) in [6, 6.07) is 35.8. The topological polar surface area (TPSA) is 304 Å². The summed E-state index contributed by atoms with van der Waals surface area (Å²) in [6.45, 7) is -2.82. The van der Waals surface area contributed by atoms with E-state index in [-0.39, 0.29) is 26.4 Å². The molecule has 21 heteroatoms. The molecule has 20 atom stereocenters. The first-order valence-electron chi connectivity index (χ1n) is 24.2. The first-order chi connectivity index (χ1) is 35.5. The van der Waals surface area contributed by atoms with Crippen LogP contribution in [-0.4, -0.2) is 200 Å². The lowest BCUT2D eigenvalue weighted by atomic mass is 9.95. The van der Waals surface area contributed by atoms with Crippen molar-refractivity contribution < 1.29 is 103 Å². The van der Waals surface area contributed by atoms with E-state index in [0.29, 0.717) is 11.1 Å². The Bertz CT molecular complexity index is 2180. The lowest BCUT2D eigenvalue weighted by Gasteiger charge is -2.50. The first kappa shape index (κ1) is 55.3. The number of aliphatic hydroxyl groups is 10. The van der Waals surface area contributed by atoms with Crippen LogP contribution < -0.4 is 0 Å². The van der Waals surface area contributed by atoms with E-state index in [1.165, 1.54) is 0 Å². The van der Waals surface area contributed by atoms with Gasteiger partial charge in [-0.2, -0.15) is 0 Å². The predicted octanol–water partition coefficient (Wildman–Crippen LogP) is -0.851. The van der Waals surface area contributed by atoms with Gasteiger partial charge in [-0.05, 0) is 22.3 Å². The molecule has 0 aliphatic carbocycles. The molecule has 4 aliphatic rings. The van der Waals surface area contributed by atoms with Crippen LogP contribution in [0.25, 0.3) is 0 Å². The molecule has 4 saturated heterocycles. The molecule has 10 N–H and O–H groups in total. The van der Waals surface area contributed by atoms with Crippen LogP contribution in [-0.2, 0) is 78.5 Å². The molecule has 4 aliphatic heterocycles. The van der Waals surface area contributed by atoms with Gasteiger partial charge in [-0.15, -0.1) is 0 Å². The maximum Gasteiger partial charge on any atom is 0.187 e. The quantitative estimate of drug-likeness (QED) is 0.0459. The summed E-state index contributed by atoms with van der Waals surface area (Å²) >= 11 is 0. The Kier molecular flexibility index (Phi) is 20.2. The zero-order chi connectivity index (χ0) is 51.4. The number of hydrogen-bond acceptors (Lipinski definition) is 21. The number of aliphatic hydroxyl groups excluding tert-OH is 10. The summed E-state index contributed by atoms with van der Waals surface area (Å²) in [5.41, 5.74) is 2.87. The highest BCUT2D eigenvalue weighted by atomic mass is 16.8. The predicted molar refractivity (Wildman–Crippen MR) is 250 cm³/mol. The molecule has 4 aromatic carbocycles. The summed E-state index contributed by atoms with van der Waals surface area (Å²) in [5.74, 6) is 0. The molecule has 0 amide bonds. The molecule has 0 radical (unpaired) electrons. The van der Waals surface area contributed by atoms with Crippen molar-refractivity contribution in [1.29, 1.82) is 0 Å². The molecule has 4 heterocycles. The second-order valence-corrected chi connectivity index (χ2v) is 18.3. The molecule has 21 nitrogen and oxygen atoms in total. The van der Waals surface area contributed by atoms with E-state index in [4.69, 9.17) is 52.1 Å². The average molecular weight is 1030 g/mol. The van der Waals surface area contributed by atoms with E-state index in [1.54, 1.807) is 109 Å². The van der Waals surface area contributed by atoms with Gasteiger partial charge in [0.1, 0.15) is 97.7 Å².